The third-order valence-electron chi connectivity index (χ3n) is 3.98. The van der Waals surface area contributed by atoms with Gasteiger partial charge in [-0.05, 0) is 24.0 Å². The number of anilines is 1. The average molecular weight is 314 g/mol. The molecule has 0 radical (unpaired) electrons. The van der Waals surface area contributed by atoms with Crippen molar-refractivity contribution in [2.24, 2.45) is 5.92 Å². The summed E-state index contributed by atoms with van der Waals surface area (Å²) in [5.74, 6) is -1.63. The van der Waals surface area contributed by atoms with Gasteiger partial charge in [-0.25, -0.2) is 13.4 Å². The number of nitrogens with one attached hydrogen (secondary N) is 1. The highest BCUT2D eigenvalue weighted by molar-refractivity contribution is 7.92. The van der Waals surface area contributed by atoms with Gasteiger partial charge < -0.3 is 5.11 Å². The number of phenols is 1. The second kappa shape index (κ2) is 4.87. The molecule has 1 saturated heterocycles. The maximum atomic E-state index is 14.6. The summed E-state index contributed by atoms with van der Waals surface area (Å²) in [7, 11) is -4.14. The molecule has 2 aliphatic rings. The molecule has 1 aliphatic heterocycles. The van der Waals surface area contributed by atoms with Gasteiger partial charge in [0.25, 0.3) is 5.91 Å². The van der Waals surface area contributed by atoms with Gasteiger partial charge in [0.2, 0.25) is 0 Å². The molecule has 6 nitrogen and oxygen atoms in total. The van der Waals surface area contributed by atoms with Crippen molar-refractivity contribution in [3.8, 4) is 5.75 Å². The first-order chi connectivity index (χ1) is 9.88. The minimum absolute atomic E-state index is 0.363. The number of phenolic OH excluding ortho intramolecular Hbond substituents is 1. The highest BCUT2D eigenvalue weighted by Crippen LogP contribution is 2.37. The molecule has 1 heterocycles. The molecule has 114 valence electrons. The molecule has 0 spiro atoms. The SMILES string of the molecule is O=C1CN(c2c(O)ccc(CC3CCC3)c2F)S(=O)(=O)N1. The molecule has 1 aromatic rings. The second-order valence-corrected chi connectivity index (χ2v) is 7.04. The van der Waals surface area contributed by atoms with Crippen LogP contribution in [0.1, 0.15) is 24.8 Å². The van der Waals surface area contributed by atoms with Crippen molar-refractivity contribution in [3.63, 3.8) is 0 Å². The standard InChI is InChI=1S/C13H15FN2O4S/c14-12-9(6-8-2-1-3-8)4-5-10(17)13(12)16-7-11(18)15-21(16,19)20/h4-5,8,17H,1-3,6-7H2,(H,15,18). The number of aromatic hydroxyl groups is 1. The van der Waals surface area contributed by atoms with Crippen molar-refractivity contribution < 1.29 is 22.7 Å². The number of rotatable bonds is 3. The number of hydrogen-bond acceptors (Lipinski definition) is 4. The highest BCUT2D eigenvalue weighted by atomic mass is 32.2. The maximum Gasteiger partial charge on any atom is 0.326 e. The lowest BCUT2D eigenvalue weighted by atomic mass is 9.81. The third kappa shape index (κ3) is 2.44. The Morgan fingerprint density at radius 3 is 2.62 bits per heavy atom. The molecular formula is C13H15FN2O4S. The molecule has 0 atom stereocenters. The van der Waals surface area contributed by atoms with Crippen LogP contribution in [0.15, 0.2) is 12.1 Å². The summed E-state index contributed by atoms with van der Waals surface area (Å²) >= 11 is 0. The molecule has 8 heteroatoms. The van der Waals surface area contributed by atoms with Crippen molar-refractivity contribution in [2.45, 2.75) is 25.7 Å². The zero-order valence-electron chi connectivity index (χ0n) is 11.2. The van der Waals surface area contributed by atoms with Crippen molar-refractivity contribution in [1.82, 2.24) is 4.72 Å². The van der Waals surface area contributed by atoms with Gasteiger partial charge in [0.1, 0.15) is 18.0 Å². The first-order valence-corrected chi connectivity index (χ1v) is 8.16. The number of carbonyl (C=O) groups is 1. The Bertz CT molecular complexity index is 700. The van der Waals surface area contributed by atoms with Crippen molar-refractivity contribution >= 4 is 21.8 Å². The minimum atomic E-state index is -4.14. The fourth-order valence-corrected chi connectivity index (χ4v) is 3.81. The molecule has 3 rings (SSSR count). The maximum absolute atomic E-state index is 14.6. The van der Waals surface area contributed by atoms with Crippen LogP contribution in [-0.4, -0.2) is 26.0 Å². The van der Waals surface area contributed by atoms with Gasteiger partial charge >= 0.3 is 10.2 Å². The van der Waals surface area contributed by atoms with Gasteiger partial charge in [0.15, 0.2) is 5.82 Å². The zero-order chi connectivity index (χ0) is 15.2. The molecule has 21 heavy (non-hydrogen) atoms. The predicted octanol–water partition coefficient (Wildman–Crippen LogP) is 1.05. The Labute approximate surface area is 121 Å². The van der Waals surface area contributed by atoms with Crippen molar-refractivity contribution in [3.05, 3.63) is 23.5 Å². The number of hydrogen-bond donors (Lipinski definition) is 2. The summed E-state index contributed by atoms with van der Waals surface area (Å²) in [6.07, 6.45) is 3.68. The van der Waals surface area contributed by atoms with E-state index >= 15 is 0 Å². The third-order valence-corrected chi connectivity index (χ3v) is 5.36. The van der Waals surface area contributed by atoms with Crippen LogP contribution in [-0.2, 0) is 21.4 Å². The first-order valence-electron chi connectivity index (χ1n) is 6.72. The lowest BCUT2D eigenvalue weighted by Crippen LogP contribution is -2.30. The molecule has 2 N–H and O–H groups in total. The van der Waals surface area contributed by atoms with E-state index in [9.17, 15) is 22.7 Å². The van der Waals surface area contributed by atoms with E-state index in [-0.39, 0.29) is 0 Å². The monoisotopic (exact) mass is 314 g/mol. The Hall–Kier alpha value is -1.83. The molecule has 0 bridgehead atoms. The van der Waals surface area contributed by atoms with E-state index in [1.807, 2.05) is 0 Å². The molecule has 1 aromatic carbocycles. The van der Waals surface area contributed by atoms with Crippen LogP contribution in [0.2, 0.25) is 0 Å². The Morgan fingerprint density at radius 2 is 2.10 bits per heavy atom. The van der Waals surface area contributed by atoms with Crippen LogP contribution in [0, 0.1) is 11.7 Å². The van der Waals surface area contributed by atoms with Gasteiger partial charge in [0, 0.05) is 0 Å². The largest absolute Gasteiger partial charge is 0.506 e. The Morgan fingerprint density at radius 1 is 1.38 bits per heavy atom. The first kappa shape index (κ1) is 14.1. The lowest BCUT2D eigenvalue weighted by molar-refractivity contribution is -0.117. The van der Waals surface area contributed by atoms with Crippen LogP contribution in [0.25, 0.3) is 0 Å². The van der Waals surface area contributed by atoms with Crippen LogP contribution >= 0.6 is 0 Å². The van der Waals surface area contributed by atoms with E-state index in [2.05, 4.69) is 0 Å². The minimum Gasteiger partial charge on any atom is -0.506 e. The fourth-order valence-electron chi connectivity index (χ4n) is 2.64. The summed E-state index contributed by atoms with van der Waals surface area (Å²) in [6, 6.07) is 2.73. The normalized spacial score (nSPS) is 21.2. The van der Waals surface area contributed by atoms with E-state index < -0.39 is 39.9 Å². The molecule has 0 unspecified atom stereocenters. The summed E-state index contributed by atoms with van der Waals surface area (Å²) in [6.45, 7) is -0.528. The Kier molecular flexibility index (Phi) is 3.27. The van der Waals surface area contributed by atoms with E-state index in [0.29, 0.717) is 22.2 Å². The van der Waals surface area contributed by atoms with Crippen molar-refractivity contribution in [2.75, 3.05) is 10.8 Å². The number of carbonyl (C=O) groups excluding carboxylic acids is 1. The topological polar surface area (TPSA) is 86.7 Å². The highest BCUT2D eigenvalue weighted by Gasteiger charge is 2.38. The van der Waals surface area contributed by atoms with E-state index in [1.54, 1.807) is 4.72 Å². The molecule has 1 aliphatic carbocycles. The molecule has 2 fully saturated rings. The van der Waals surface area contributed by atoms with Gasteiger partial charge in [-0.2, -0.15) is 8.42 Å². The van der Waals surface area contributed by atoms with Crippen LogP contribution in [0.4, 0.5) is 10.1 Å². The van der Waals surface area contributed by atoms with Gasteiger partial charge in [-0.1, -0.05) is 25.3 Å². The van der Waals surface area contributed by atoms with E-state index in [1.165, 1.54) is 12.1 Å². The van der Waals surface area contributed by atoms with Gasteiger partial charge in [0.05, 0.1) is 0 Å². The van der Waals surface area contributed by atoms with Gasteiger partial charge in [-0.3, -0.25) is 4.79 Å². The number of benzene rings is 1. The fraction of sp³-hybridized carbons (Fsp3) is 0.462. The number of halogens is 1. The molecule has 1 saturated carbocycles. The van der Waals surface area contributed by atoms with E-state index in [0.717, 1.165) is 19.3 Å². The van der Waals surface area contributed by atoms with Crippen LogP contribution in [0.3, 0.4) is 0 Å². The van der Waals surface area contributed by atoms with Crippen molar-refractivity contribution in [1.29, 1.82) is 0 Å². The van der Waals surface area contributed by atoms with Crippen LogP contribution in [0.5, 0.6) is 5.75 Å². The lowest BCUT2D eigenvalue weighted by Gasteiger charge is -2.26. The van der Waals surface area contributed by atoms with E-state index in [4.69, 9.17) is 0 Å². The average Bonchev–Trinajstić information content (AvgIpc) is 2.60. The zero-order valence-corrected chi connectivity index (χ0v) is 12.0. The second-order valence-electron chi connectivity index (χ2n) is 5.44. The van der Waals surface area contributed by atoms with Gasteiger partial charge in [-0.15, -0.1) is 0 Å². The number of nitrogens with zero attached hydrogens (tertiary/aromatic N) is 1. The summed E-state index contributed by atoms with van der Waals surface area (Å²) < 4.78 is 40.5. The van der Waals surface area contributed by atoms with Crippen LogP contribution < -0.4 is 9.03 Å². The quantitative estimate of drug-likeness (QED) is 0.873. The predicted molar refractivity (Wildman–Crippen MR) is 73.5 cm³/mol. The Balaban J connectivity index is 2.01. The molecule has 0 aromatic heterocycles. The smallest absolute Gasteiger partial charge is 0.326 e. The summed E-state index contributed by atoms with van der Waals surface area (Å²) in [4.78, 5) is 11.2. The summed E-state index contributed by atoms with van der Waals surface area (Å²) in [5.41, 5.74) is -0.0905. The summed E-state index contributed by atoms with van der Waals surface area (Å²) in [5, 5.41) is 9.81. The molecular weight excluding hydrogens is 299 g/mol. The molecule has 1 amide bonds. The number of amides is 1.